The van der Waals surface area contributed by atoms with Gasteiger partial charge in [-0.3, -0.25) is 4.90 Å². The summed E-state index contributed by atoms with van der Waals surface area (Å²) >= 11 is 0. The molecule has 1 aliphatic rings. The van der Waals surface area contributed by atoms with Crippen molar-refractivity contribution in [3.8, 4) is 11.4 Å². The largest absolute Gasteiger partial charge is 0.465 e. The molecule has 0 radical (unpaired) electrons. The Morgan fingerprint density at radius 3 is 2.41 bits per heavy atom. The molecule has 2 aromatic carbocycles. The van der Waals surface area contributed by atoms with Crippen LogP contribution in [0.3, 0.4) is 0 Å². The van der Waals surface area contributed by atoms with Gasteiger partial charge in [0.1, 0.15) is 5.82 Å². The predicted molar refractivity (Wildman–Crippen MR) is 151 cm³/mol. The molecule has 0 fully saturated rings. The van der Waals surface area contributed by atoms with Gasteiger partial charge < -0.3 is 9.30 Å². The molecule has 1 atom stereocenters. The number of hydrogen-bond acceptors (Lipinski definition) is 4. The standard InChI is InChI=1S/C32H43N3O2/c1-6-8-19-34(23-24-15-17-26(18-16-24)31(36)37-5)28-22-32(3,4)21-27-29(28)35(20-9-7-2)30(33-27)25-13-11-10-12-14-25/h10-18,28H,6-9,19-23H2,1-5H3. The van der Waals surface area contributed by atoms with E-state index in [0.29, 0.717) is 11.6 Å². The van der Waals surface area contributed by atoms with Crippen LogP contribution in [-0.4, -0.2) is 34.1 Å². The van der Waals surface area contributed by atoms with Crippen molar-refractivity contribution in [2.75, 3.05) is 13.7 Å². The smallest absolute Gasteiger partial charge is 0.337 e. The first-order chi connectivity index (χ1) is 17.9. The van der Waals surface area contributed by atoms with Crippen LogP contribution < -0.4 is 0 Å². The molecular weight excluding hydrogens is 458 g/mol. The van der Waals surface area contributed by atoms with Gasteiger partial charge >= 0.3 is 5.97 Å². The summed E-state index contributed by atoms with van der Waals surface area (Å²) in [6, 6.07) is 18.9. The number of rotatable bonds is 11. The van der Waals surface area contributed by atoms with Gasteiger partial charge in [0.15, 0.2) is 0 Å². The number of esters is 1. The molecule has 198 valence electrons. The molecule has 3 aromatic rings. The normalized spacial score (nSPS) is 16.5. The monoisotopic (exact) mass is 501 g/mol. The quantitative estimate of drug-likeness (QED) is 0.256. The Labute approximate surface area is 222 Å². The topological polar surface area (TPSA) is 47.4 Å². The molecule has 1 heterocycles. The maximum Gasteiger partial charge on any atom is 0.337 e. The number of ether oxygens (including phenoxy) is 1. The molecule has 0 N–H and O–H groups in total. The van der Waals surface area contributed by atoms with Gasteiger partial charge in [0, 0.05) is 18.7 Å². The van der Waals surface area contributed by atoms with Gasteiger partial charge in [-0.05, 0) is 55.3 Å². The van der Waals surface area contributed by atoms with E-state index in [9.17, 15) is 4.79 Å². The van der Waals surface area contributed by atoms with E-state index in [1.807, 2.05) is 12.1 Å². The summed E-state index contributed by atoms with van der Waals surface area (Å²) in [5.74, 6) is 0.820. The highest BCUT2D eigenvalue weighted by molar-refractivity contribution is 5.89. The Kier molecular flexibility index (Phi) is 8.86. The summed E-state index contributed by atoms with van der Waals surface area (Å²) in [5.41, 5.74) is 5.86. The molecule has 0 bridgehead atoms. The average Bonchev–Trinajstić information content (AvgIpc) is 3.26. The van der Waals surface area contributed by atoms with Crippen LogP contribution >= 0.6 is 0 Å². The van der Waals surface area contributed by atoms with Crippen molar-refractivity contribution in [2.45, 2.75) is 85.4 Å². The number of carbonyl (C=O) groups is 1. The lowest BCUT2D eigenvalue weighted by Gasteiger charge is -2.41. The summed E-state index contributed by atoms with van der Waals surface area (Å²) in [6.07, 6.45) is 6.72. The lowest BCUT2D eigenvalue weighted by atomic mass is 9.75. The van der Waals surface area contributed by atoms with Gasteiger partial charge in [-0.1, -0.05) is 83.0 Å². The fourth-order valence-electron chi connectivity index (χ4n) is 5.62. The molecule has 0 amide bonds. The van der Waals surface area contributed by atoms with Crippen molar-refractivity contribution in [3.63, 3.8) is 0 Å². The predicted octanol–water partition coefficient (Wildman–Crippen LogP) is 7.45. The lowest BCUT2D eigenvalue weighted by molar-refractivity contribution is 0.0600. The summed E-state index contributed by atoms with van der Waals surface area (Å²) in [7, 11) is 1.43. The number of nitrogens with zero attached hydrogens (tertiary/aromatic N) is 3. The molecule has 0 aliphatic heterocycles. The number of methoxy groups -OCH3 is 1. The summed E-state index contributed by atoms with van der Waals surface area (Å²) in [6.45, 7) is 12.2. The number of aromatic nitrogens is 2. The van der Waals surface area contributed by atoms with Gasteiger partial charge in [0.25, 0.3) is 0 Å². The van der Waals surface area contributed by atoms with Crippen LogP contribution in [0.1, 0.15) is 93.2 Å². The lowest BCUT2D eigenvalue weighted by Crippen LogP contribution is -2.38. The molecule has 37 heavy (non-hydrogen) atoms. The van der Waals surface area contributed by atoms with Crippen LogP contribution in [0, 0.1) is 5.41 Å². The Hall–Kier alpha value is -2.92. The average molecular weight is 502 g/mol. The number of carbonyl (C=O) groups excluding carboxylic acids is 1. The zero-order valence-electron chi connectivity index (χ0n) is 23.3. The van der Waals surface area contributed by atoms with Crippen molar-refractivity contribution >= 4 is 5.97 Å². The van der Waals surface area contributed by atoms with E-state index in [0.717, 1.165) is 64.0 Å². The number of benzene rings is 2. The second-order valence-corrected chi connectivity index (χ2v) is 11.2. The molecule has 0 saturated heterocycles. The van der Waals surface area contributed by atoms with Crippen molar-refractivity contribution in [2.24, 2.45) is 5.41 Å². The van der Waals surface area contributed by atoms with E-state index in [1.165, 1.54) is 29.6 Å². The minimum absolute atomic E-state index is 0.175. The molecule has 0 saturated carbocycles. The van der Waals surface area contributed by atoms with E-state index in [1.54, 1.807) is 0 Å². The number of unbranched alkanes of at least 4 members (excludes halogenated alkanes) is 2. The maximum absolute atomic E-state index is 11.9. The highest BCUT2D eigenvalue weighted by Gasteiger charge is 2.39. The molecule has 4 rings (SSSR count). The molecule has 0 spiro atoms. The van der Waals surface area contributed by atoms with Crippen molar-refractivity contribution in [3.05, 3.63) is 77.1 Å². The first-order valence-electron chi connectivity index (χ1n) is 13.9. The van der Waals surface area contributed by atoms with E-state index in [-0.39, 0.29) is 11.4 Å². The van der Waals surface area contributed by atoms with Gasteiger partial charge in [0.2, 0.25) is 0 Å². The molecule has 1 aromatic heterocycles. The van der Waals surface area contributed by atoms with E-state index < -0.39 is 0 Å². The third kappa shape index (κ3) is 6.32. The number of hydrogen-bond donors (Lipinski definition) is 0. The summed E-state index contributed by atoms with van der Waals surface area (Å²) < 4.78 is 7.43. The van der Waals surface area contributed by atoms with Crippen LogP contribution in [0.4, 0.5) is 0 Å². The van der Waals surface area contributed by atoms with Crippen LogP contribution in [0.5, 0.6) is 0 Å². The zero-order valence-corrected chi connectivity index (χ0v) is 23.3. The van der Waals surface area contributed by atoms with Crippen LogP contribution in [-0.2, 0) is 24.2 Å². The third-order valence-electron chi connectivity index (χ3n) is 7.56. The maximum atomic E-state index is 11.9. The minimum atomic E-state index is -0.290. The van der Waals surface area contributed by atoms with E-state index in [2.05, 4.69) is 79.6 Å². The Morgan fingerprint density at radius 1 is 1.05 bits per heavy atom. The van der Waals surface area contributed by atoms with Crippen LogP contribution in [0.2, 0.25) is 0 Å². The van der Waals surface area contributed by atoms with Crippen LogP contribution in [0.25, 0.3) is 11.4 Å². The van der Waals surface area contributed by atoms with Gasteiger partial charge in [-0.2, -0.15) is 0 Å². The molecular formula is C32H43N3O2. The SMILES string of the molecule is CCCCN(Cc1ccc(C(=O)OC)cc1)C1CC(C)(C)Cc2nc(-c3ccccc3)n(CCCC)c21. The second kappa shape index (κ2) is 12.1. The van der Waals surface area contributed by atoms with Crippen molar-refractivity contribution < 1.29 is 9.53 Å². The fourth-order valence-corrected chi connectivity index (χ4v) is 5.62. The molecule has 5 heteroatoms. The molecule has 5 nitrogen and oxygen atoms in total. The highest BCUT2D eigenvalue weighted by atomic mass is 16.5. The van der Waals surface area contributed by atoms with E-state index in [4.69, 9.17) is 9.72 Å². The summed E-state index contributed by atoms with van der Waals surface area (Å²) in [4.78, 5) is 19.9. The Morgan fingerprint density at radius 2 is 1.76 bits per heavy atom. The number of imidazole rings is 1. The highest BCUT2D eigenvalue weighted by Crippen LogP contribution is 2.45. The molecule has 1 aliphatic carbocycles. The van der Waals surface area contributed by atoms with Crippen molar-refractivity contribution in [1.82, 2.24) is 14.5 Å². The third-order valence-corrected chi connectivity index (χ3v) is 7.56. The van der Waals surface area contributed by atoms with Crippen LogP contribution in [0.15, 0.2) is 54.6 Å². The van der Waals surface area contributed by atoms with Gasteiger partial charge in [0.05, 0.1) is 30.1 Å². The van der Waals surface area contributed by atoms with Gasteiger partial charge in [-0.25, -0.2) is 9.78 Å². The Bertz CT molecular complexity index is 1160. The molecule has 1 unspecified atom stereocenters. The number of fused-ring (bicyclic) bond motifs is 1. The first kappa shape index (κ1) is 27.1. The zero-order chi connectivity index (χ0) is 26.4. The van der Waals surface area contributed by atoms with Crippen molar-refractivity contribution in [1.29, 1.82) is 0 Å². The second-order valence-electron chi connectivity index (χ2n) is 11.2. The Balaban J connectivity index is 1.76. The summed E-state index contributed by atoms with van der Waals surface area (Å²) in [5, 5.41) is 0. The van der Waals surface area contributed by atoms with Gasteiger partial charge in [-0.15, -0.1) is 0 Å². The fraction of sp³-hybridized carbons (Fsp3) is 0.500. The first-order valence-corrected chi connectivity index (χ1v) is 13.9. The van der Waals surface area contributed by atoms with E-state index >= 15 is 0 Å². The minimum Gasteiger partial charge on any atom is -0.465 e.